The molecule has 0 saturated heterocycles. The van der Waals surface area contributed by atoms with Crippen molar-refractivity contribution in [3.8, 4) is 0 Å². The maximum Gasteiger partial charge on any atom is 0.00789 e. The van der Waals surface area contributed by atoms with Gasteiger partial charge in [0.2, 0.25) is 0 Å². The van der Waals surface area contributed by atoms with Crippen LogP contribution in [0.4, 0.5) is 0 Å². The maximum absolute atomic E-state index is 3.67. The van der Waals surface area contributed by atoms with Crippen molar-refractivity contribution in [2.75, 3.05) is 6.54 Å². The molecule has 2 rings (SSSR count). The minimum absolute atomic E-state index is 0.397. The highest BCUT2D eigenvalue weighted by atomic mass is 14.9. The molecule has 0 aliphatic heterocycles. The van der Waals surface area contributed by atoms with Crippen molar-refractivity contribution < 1.29 is 0 Å². The van der Waals surface area contributed by atoms with Crippen LogP contribution in [0.1, 0.15) is 50.7 Å². The van der Waals surface area contributed by atoms with Crippen LogP contribution >= 0.6 is 0 Å². The quantitative estimate of drug-likeness (QED) is 0.832. The second-order valence-corrected chi connectivity index (χ2v) is 6.72. The summed E-state index contributed by atoms with van der Waals surface area (Å²) in [6, 6.07) is 9.71. The highest BCUT2D eigenvalue weighted by Crippen LogP contribution is 2.37. The molecule has 1 aromatic carbocycles. The highest BCUT2D eigenvalue weighted by molar-refractivity contribution is 5.27. The average molecular weight is 231 g/mol. The van der Waals surface area contributed by atoms with Gasteiger partial charge in [0.25, 0.3) is 0 Å². The Kier molecular flexibility index (Phi) is 3.58. The normalized spacial score (nSPS) is 24.5. The van der Waals surface area contributed by atoms with Crippen molar-refractivity contribution in [2.24, 2.45) is 5.41 Å². The molecule has 0 spiro atoms. The lowest BCUT2D eigenvalue weighted by Crippen LogP contribution is -2.43. The zero-order valence-electron chi connectivity index (χ0n) is 11.6. The molecule has 1 N–H and O–H groups in total. The van der Waals surface area contributed by atoms with Crippen molar-refractivity contribution in [1.29, 1.82) is 0 Å². The van der Waals surface area contributed by atoms with Gasteiger partial charge in [-0.15, -0.1) is 0 Å². The van der Waals surface area contributed by atoms with E-state index in [2.05, 4.69) is 57.3 Å². The fraction of sp³-hybridized carbons (Fsp3) is 0.625. The Balaban J connectivity index is 1.79. The molecular formula is C16H25N. The SMILES string of the molecule is Cc1cccc(C2CC(NCC(C)(C)C)C2)c1. The summed E-state index contributed by atoms with van der Waals surface area (Å²) in [5.41, 5.74) is 3.31. The molecule has 1 aliphatic rings. The third-order valence-electron chi connectivity index (χ3n) is 3.57. The van der Waals surface area contributed by atoms with Crippen molar-refractivity contribution in [2.45, 2.75) is 52.5 Å². The molecular weight excluding hydrogens is 206 g/mol. The molecule has 1 aromatic rings. The summed E-state index contributed by atoms with van der Waals surface area (Å²) in [6.45, 7) is 10.2. The Labute approximate surface area is 106 Å². The van der Waals surface area contributed by atoms with E-state index in [0.29, 0.717) is 5.41 Å². The molecule has 0 amide bonds. The summed E-state index contributed by atoms with van der Waals surface area (Å²) >= 11 is 0. The lowest BCUT2D eigenvalue weighted by atomic mass is 9.75. The molecule has 1 fully saturated rings. The van der Waals surface area contributed by atoms with Gasteiger partial charge in [-0.3, -0.25) is 0 Å². The van der Waals surface area contributed by atoms with E-state index in [9.17, 15) is 0 Å². The molecule has 0 atom stereocenters. The van der Waals surface area contributed by atoms with E-state index in [0.717, 1.165) is 18.5 Å². The van der Waals surface area contributed by atoms with E-state index in [4.69, 9.17) is 0 Å². The van der Waals surface area contributed by atoms with Crippen LogP contribution in [-0.2, 0) is 0 Å². The van der Waals surface area contributed by atoms with Gasteiger partial charge in [0.15, 0.2) is 0 Å². The third kappa shape index (κ3) is 3.57. The van der Waals surface area contributed by atoms with Gasteiger partial charge in [-0.2, -0.15) is 0 Å². The molecule has 1 aliphatic carbocycles. The van der Waals surface area contributed by atoms with Crippen LogP contribution in [0.25, 0.3) is 0 Å². The maximum atomic E-state index is 3.67. The summed E-state index contributed by atoms with van der Waals surface area (Å²) in [7, 11) is 0. The third-order valence-corrected chi connectivity index (χ3v) is 3.57. The van der Waals surface area contributed by atoms with Crippen LogP contribution in [-0.4, -0.2) is 12.6 Å². The zero-order valence-corrected chi connectivity index (χ0v) is 11.6. The van der Waals surface area contributed by atoms with Crippen LogP contribution in [0.3, 0.4) is 0 Å². The highest BCUT2D eigenvalue weighted by Gasteiger charge is 2.30. The predicted octanol–water partition coefficient (Wildman–Crippen LogP) is 3.88. The summed E-state index contributed by atoms with van der Waals surface area (Å²) < 4.78 is 0. The number of aryl methyl sites for hydroxylation is 1. The van der Waals surface area contributed by atoms with Crippen LogP contribution in [0, 0.1) is 12.3 Å². The number of nitrogens with one attached hydrogen (secondary N) is 1. The number of hydrogen-bond acceptors (Lipinski definition) is 1. The summed E-state index contributed by atoms with van der Waals surface area (Å²) in [6.07, 6.45) is 2.61. The molecule has 0 bridgehead atoms. The first kappa shape index (κ1) is 12.6. The first-order valence-corrected chi connectivity index (χ1v) is 6.74. The van der Waals surface area contributed by atoms with Crippen LogP contribution < -0.4 is 5.32 Å². The van der Waals surface area contributed by atoms with E-state index in [1.165, 1.54) is 24.0 Å². The van der Waals surface area contributed by atoms with Gasteiger partial charge in [0.1, 0.15) is 0 Å². The first-order valence-electron chi connectivity index (χ1n) is 6.74. The Hall–Kier alpha value is -0.820. The zero-order chi connectivity index (χ0) is 12.5. The van der Waals surface area contributed by atoms with Crippen LogP contribution in [0.2, 0.25) is 0 Å². The molecule has 1 saturated carbocycles. The molecule has 0 heterocycles. The van der Waals surface area contributed by atoms with Gasteiger partial charge in [-0.25, -0.2) is 0 Å². The summed E-state index contributed by atoms with van der Waals surface area (Å²) in [5.74, 6) is 0.785. The molecule has 1 nitrogen and oxygen atoms in total. The van der Waals surface area contributed by atoms with Gasteiger partial charge in [0.05, 0.1) is 0 Å². The van der Waals surface area contributed by atoms with Gasteiger partial charge < -0.3 is 5.32 Å². The van der Waals surface area contributed by atoms with Gasteiger partial charge >= 0.3 is 0 Å². The van der Waals surface area contributed by atoms with Gasteiger partial charge in [-0.1, -0.05) is 50.6 Å². The molecule has 17 heavy (non-hydrogen) atoms. The minimum atomic E-state index is 0.397. The smallest absolute Gasteiger partial charge is 0.00789 e. The molecule has 0 aromatic heterocycles. The fourth-order valence-corrected chi connectivity index (χ4v) is 2.43. The number of hydrogen-bond donors (Lipinski definition) is 1. The number of rotatable bonds is 3. The number of benzene rings is 1. The van der Waals surface area contributed by atoms with E-state index < -0.39 is 0 Å². The van der Waals surface area contributed by atoms with Crippen LogP contribution in [0.5, 0.6) is 0 Å². The Morgan fingerprint density at radius 2 is 1.94 bits per heavy atom. The molecule has 94 valence electrons. The Morgan fingerprint density at radius 1 is 1.24 bits per heavy atom. The fourth-order valence-electron chi connectivity index (χ4n) is 2.43. The van der Waals surface area contributed by atoms with Gasteiger partial charge in [0, 0.05) is 12.6 Å². The lowest BCUT2D eigenvalue weighted by molar-refractivity contribution is 0.254. The summed E-state index contributed by atoms with van der Waals surface area (Å²) in [4.78, 5) is 0. The topological polar surface area (TPSA) is 12.0 Å². The standard InChI is InChI=1S/C16H25N/c1-12-6-5-7-13(8-12)14-9-15(10-14)17-11-16(2,3)4/h5-8,14-15,17H,9-11H2,1-4H3. The van der Waals surface area contributed by atoms with Crippen molar-refractivity contribution in [3.05, 3.63) is 35.4 Å². The van der Waals surface area contributed by atoms with Crippen molar-refractivity contribution in [1.82, 2.24) is 5.32 Å². The van der Waals surface area contributed by atoms with E-state index >= 15 is 0 Å². The molecule has 0 unspecified atom stereocenters. The second kappa shape index (κ2) is 4.81. The van der Waals surface area contributed by atoms with Gasteiger partial charge in [-0.05, 0) is 36.7 Å². The molecule has 0 radical (unpaired) electrons. The van der Waals surface area contributed by atoms with E-state index in [1.807, 2.05) is 0 Å². The minimum Gasteiger partial charge on any atom is -0.313 e. The van der Waals surface area contributed by atoms with E-state index in [-0.39, 0.29) is 0 Å². The summed E-state index contributed by atoms with van der Waals surface area (Å²) in [5, 5.41) is 3.67. The Bertz CT molecular complexity index is 369. The lowest BCUT2D eigenvalue weighted by Gasteiger charge is -2.38. The Morgan fingerprint density at radius 3 is 2.53 bits per heavy atom. The first-order chi connectivity index (χ1) is 7.94. The van der Waals surface area contributed by atoms with Crippen LogP contribution in [0.15, 0.2) is 24.3 Å². The monoisotopic (exact) mass is 231 g/mol. The average Bonchev–Trinajstić information content (AvgIpc) is 2.13. The predicted molar refractivity (Wildman–Crippen MR) is 74.4 cm³/mol. The van der Waals surface area contributed by atoms with Crippen molar-refractivity contribution in [3.63, 3.8) is 0 Å². The molecule has 1 heteroatoms. The second-order valence-electron chi connectivity index (χ2n) is 6.72. The largest absolute Gasteiger partial charge is 0.313 e. The van der Waals surface area contributed by atoms with Crippen molar-refractivity contribution >= 4 is 0 Å². The van der Waals surface area contributed by atoms with E-state index in [1.54, 1.807) is 0 Å².